The van der Waals surface area contributed by atoms with Gasteiger partial charge in [0, 0.05) is 22.6 Å². The Morgan fingerprint density at radius 3 is 2.86 bits per heavy atom. The molecule has 1 atom stereocenters. The smallest absolute Gasteiger partial charge is 0.305 e. The van der Waals surface area contributed by atoms with Gasteiger partial charge in [0.25, 0.3) is 5.91 Å². The Balaban J connectivity index is 2.32. The van der Waals surface area contributed by atoms with Crippen molar-refractivity contribution in [2.45, 2.75) is 12.5 Å². The van der Waals surface area contributed by atoms with Crippen molar-refractivity contribution in [2.24, 2.45) is 0 Å². The van der Waals surface area contributed by atoms with E-state index in [4.69, 9.17) is 16.7 Å². The summed E-state index contributed by atoms with van der Waals surface area (Å²) in [5, 5.41) is 11.9. The second kappa shape index (κ2) is 6.44. The fourth-order valence-corrected chi connectivity index (χ4v) is 2.73. The fourth-order valence-electron chi connectivity index (χ4n) is 2.14. The zero-order valence-corrected chi connectivity index (χ0v) is 13.1. The van der Waals surface area contributed by atoms with E-state index in [0.717, 1.165) is 0 Å². The van der Waals surface area contributed by atoms with Crippen LogP contribution in [0.1, 0.15) is 16.8 Å². The van der Waals surface area contributed by atoms with E-state index < -0.39 is 30.2 Å². The topological polar surface area (TPSA) is 86.7 Å². The average molecular weight is 376 g/mol. The monoisotopic (exact) mass is 374 g/mol. The number of amides is 2. The minimum Gasteiger partial charge on any atom is -0.481 e. The molecule has 0 aliphatic carbocycles. The zero-order chi connectivity index (χ0) is 15.6. The van der Waals surface area contributed by atoms with Crippen LogP contribution in [0.5, 0.6) is 0 Å². The van der Waals surface area contributed by atoms with Crippen LogP contribution in [0.2, 0.25) is 5.02 Å². The number of hydrogen-bond donors (Lipinski definition) is 2. The zero-order valence-electron chi connectivity index (χ0n) is 10.8. The van der Waals surface area contributed by atoms with Crippen LogP contribution in [0.3, 0.4) is 0 Å². The lowest BCUT2D eigenvalue weighted by molar-refractivity contribution is -0.142. The van der Waals surface area contributed by atoms with E-state index in [0.29, 0.717) is 21.6 Å². The maximum absolute atomic E-state index is 12.6. The standard InChI is InChI=1S/C13H12BrClN2O4/c14-9-2-1-7(15)5-8(9)13(21)17-4-3-16-12(20)10(17)6-11(18)19/h1-2,5,10H,3-4,6H2,(H,16,20)(H,18,19). The van der Waals surface area contributed by atoms with E-state index in [1.807, 2.05) is 0 Å². The quantitative estimate of drug-likeness (QED) is 0.838. The van der Waals surface area contributed by atoms with Gasteiger partial charge in [0.15, 0.2) is 0 Å². The molecule has 0 saturated carbocycles. The fraction of sp³-hybridized carbons (Fsp3) is 0.308. The van der Waals surface area contributed by atoms with Gasteiger partial charge >= 0.3 is 5.97 Å². The third-order valence-electron chi connectivity index (χ3n) is 3.12. The van der Waals surface area contributed by atoms with Crippen molar-refractivity contribution in [3.63, 3.8) is 0 Å². The highest BCUT2D eigenvalue weighted by Gasteiger charge is 2.35. The molecular formula is C13H12BrClN2O4. The highest BCUT2D eigenvalue weighted by Crippen LogP contribution is 2.24. The first kappa shape index (κ1) is 15.8. The number of carboxylic acid groups (broad SMARTS) is 1. The SMILES string of the molecule is O=C(O)CC1C(=O)NCCN1C(=O)c1cc(Cl)ccc1Br. The second-order valence-electron chi connectivity index (χ2n) is 4.53. The number of benzene rings is 1. The van der Waals surface area contributed by atoms with E-state index in [1.165, 1.54) is 11.0 Å². The molecule has 6 nitrogen and oxygen atoms in total. The molecule has 2 amide bonds. The number of piperazine rings is 1. The van der Waals surface area contributed by atoms with Crippen LogP contribution in [0.25, 0.3) is 0 Å². The van der Waals surface area contributed by atoms with Crippen LogP contribution in [0, 0.1) is 0 Å². The molecule has 112 valence electrons. The Labute approximate surface area is 134 Å². The van der Waals surface area contributed by atoms with Crippen LogP contribution in [0.15, 0.2) is 22.7 Å². The predicted molar refractivity (Wildman–Crippen MR) is 79.2 cm³/mol. The molecule has 1 aliphatic rings. The summed E-state index contributed by atoms with van der Waals surface area (Å²) in [5.74, 6) is -2.03. The summed E-state index contributed by atoms with van der Waals surface area (Å²) in [6.45, 7) is 0.542. The lowest BCUT2D eigenvalue weighted by atomic mass is 10.1. The van der Waals surface area contributed by atoms with Gasteiger partial charge in [-0.1, -0.05) is 11.6 Å². The van der Waals surface area contributed by atoms with Crippen molar-refractivity contribution >= 4 is 45.3 Å². The van der Waals surface area contributed by atoms with Gasteiger partial charge in [-0.25, -0.2) is 0 Å². The van der Waals surface area contributed by atoms with Gasteiger partial charge in [0.2, 0.25) is 5.91 Å². The van der Waals surface area contributed by atoms with Crippen LogP contribution in [0.4, 0.5) is 0 Å². The van der Waals surface area contributed by atoms with Crippen molar-refractivity contribution in [1.29, 1.82) is 0 Å². The molecule has 1 heterocycles. The predicted octanol–water partition coefficient (Wildman–Crippen LogP) is 1.52. The largest absolute Gasteiger partial charge is 0.481 e. The number of carbonyl (C=O) groups excluding carboxylic acids is 2. The Morgan fingerprint density at radius 1 is 1.48 bits per heavy atom. The van der Waals surface area contributed by atoms with E-state index in [1.54, 1.807) is 12.1 Å². The molecule has 0 spiro atoms. The van der Waals surface area contributed by atoms with Crippen molar-refractivity contribution in [3.8, 4) is 0 Å². The van der Waals surface area contributed by atoms with Crippen LogP contribution in [-0.4, -0.2) is 46.9 Å². The summed E-state index contributed by atoms with van der Waals surface area (Å²) >= 11 is 9.14. The minimum absolute atomic E-state index is 0.251. The van der Waals surface area contributed by atoms with E-state index in [-0.39, 0.29) is 6.54 Å². The molecule has 1 fully saturated rings. The van der Waals surface area contributed by atoms with E-state index >= 15 is 0 Å². The number of aliphatic carboxylic acids is 1. The lowest BCUT2D eigenvalue weighted by Crippen LogP contribution is -2.57. The molecule has 21 heavy (non-hydrogen) atoms. The Hall–Kier alpha value is -1.60. The molecule has 1 unspecified atom stereocenters. The minimum atomic E-state index is -1.14. The number of rotatable bonds is 3. The van der Waals surface area contributed by atoms with Crippen LogP contribution >= 0.6 is 27.5 Å². The Kier molecular flexibility index (Phi) is 4.84. The van der Waals surface area contributed by atoms with Crippen molar-refractivity contribution in [2.75, 3.05) is 13.1 Å². The molecule has 0 aromatic heterocycles. The van der Waals surface area contributed by atoms with Gasteiger partial charge in [-0.15, -0.1) is 0 Å². The van der Waals surface area contributed by atoms with Gasteiger partial charge in [-0.3, -0.25) is 14.4 Å². The highest BCUT2D eigenvalue weighted by molar-refractivity contribution is 9.10. The number of nitrogens with zero attached hydrogens (tertiary/aromatic N) is 1. The number of carbonyl (C=O) groups is 3. The summed E-state index contributed by atoms with van der Waals surface area (Å²) in [4.78, 5) is 36.6. The first-order chi connectivity index (χ1) is 9.90. The van der Waals surface area contributed by atoms with Gasteiger partial charge in [0.1, 0.15) is 6.04 Å². The van der Waals surface area contributed by atoms with Crippen molar-refractivity contribution in [3.05, 3.63) is 33.3 Å². The van der Waals surface area contributed by atoms with Gasteiger partial charge in [-0.2, -0.15) is 0 Å². The van der Waals surface area contributed by atoms with Crippen LogP contribution < -0.4 is 5.32 Å². The number of carboxylic acids is 1. The second-order valence-corrected chi connectivity index (χ2v) is 5.82. The van der Waals surface area contributed by atoms with Crippen molar-refractivity contribution in [1.82, 2.24) is 10.2 Å². The molecule has 8 heteroatoms. The summed E-state index contributed by atoms with van der Waals surface area (Å²) < 4.78 is 0.539. The summed E-state index contributed by atoms with van der Waals surface area (Å²) in [6, 6.07) is 3.72. The molecule has 2 N–H and O–H groups in total. The normalized spacial score (nSPS) is 18.3. The molecule has 0 radical (unpaired) electrons. The number of hydrogen-bond acceptors (Lipinski definition) is 3. The molecule has 1 aromatic carbocycles. The molecule has 1 aliphatic heterocycles. The third kappa shape index (κ3) is 3.54. The van der Waals surface area contributed by atoms with Crippen molar-refractivity contribution < 1.29 is 19.5 Å². The first-order valence-electron chi connectivity index (χ1n) is 6.15. The van der Waals surface area contributed by atoms with Gasteiger partial charge in [-0.05, 0) is 34.1 Å². The molecule has 1 saturated heterocycles. The van der Waals surface area contributed by atoms with E-state index in [2.05, 4.69) is 21.2 Å². The maximum atomic E-state index is 12.6. The Morgan fingerprint density at radius 2 is 2.19 bits per heavy atom. The average Bonchev–Trinajstić information content (AvgIpc) is 2.42. The molecule has 1 aromatic rings. The summed E-state index contributed by atoms with van der Waals surface area (Å²) in [6.07, 6.45) is -0.435. The number of nitrogens with one attached hydrogen (secondary N) is 1. The number of halogens is 2. The molecular weight excluding hydrogens is 364 g/mol. The first-order valence-corrected chi connectivity index (χ1v) is 7.33. The summed E-state index contributed by atoms with van der Waals surface area (Å²) in [5.41, 5.74) is 0.299. The van der Waals surface area contributed by atoms with Gasteiger partial charge < -0.3 is 15.3 Å². The third-order valence-corrected chi connectivity index (χ3v) is 4.05. The van der Waals surface area contributed by atoms with Gasteiger partial charge in [0.05, 0.1) is 12.0 Å². The Bertz CT molecular complexity index is 608. The maximum Gasteiger partial charge on any atom is 0.305 e. The highest BCUT2D eigenvalue weighted by atomic mass is 79.9. The lowest BCUT2D eigenvalue weighted by Gasteiger charge is -2.34. The van der Waals surface area contributed by atoms with E-state index in [9.17, 15) is 14.4 Å². The summed E-state index contributed by atoms with van der Waals surface area (Å²) in [7, 11) is 0. The van der Waals surface area contributed by atoms with Crippen LogP contribution in [-0.2, 0) is 9.59 Å². The molecule has 2 rings (SSSR count). The molecule has 0 bridgehead atoms.